The minimum atomic E-state index is -4.52. The first kappa shape index (κ1) is 17.9. The maximum absolute atomic E-state index is 13.3. The number of pyridine rings is 1. The number of nitrogens with one attached hydrogen (secondary N) is 1. The van der Waals surface area contributed by atoms with Crippen LogP contribution >= 0.6 is 15.9 Å². The molecule has 1 aromatic heterocycles. The molecule has 5 nitrogen and oxygen atoms in total. The third-order valence-electron chi connectivity index (χ3n) is 4.15. The SMILES string of the molecule is O=S(=O)(NC1CCCN(c2ncc(Br)cc2C(F)(F)F)C1)C1CC1. The number of anilines is 1. The van der Waals surface area contributed by atoms with Crippen LogP contribution in [0.2, 0.25) is 0 Å². The van der Waals surface area contributed by atoms with Gasteiger partial charge in [-0.05, 0) is 47.7 Å². The second kappa shape index (κ2) is 6.45. The molecule has 0 amide bonds. The molecule has 1 aliphatic carbocycles. The molecule has 0 aromatic carbocycles. The molecule has 0 radical (unpaired) electrons. The number of hydrogen-bond acceptors (Lipinski definition) is 4. The van der Waals surface area contributed by atoms with Crippen LogP contribution in [0.3, 0.4) is 0 Å². The molecule has 1 aromatic rings. The van der Waals surface area contributed by atoms with Crippen molar-refractivity contribution >= 4 is 31.8 Å². The summed E-state index contributed by atoms with van der Waals surface area (Å²) in [6.45, 7) is 0.600. The lowest BCUT2D eigenvalue weighted by molar-refractivity contribution is -0.137. The average molecular weight is 428 g/mol. The molecule has 0 spiro atoms. The summed E-state index contributed by atoms with van der Waals surface area (Å²) in [5, 5.41) is -0.343. The summed E-state index contributed by atoms with van der Waals surface area (Å²) in [5.74, 6) is -0.152. The monoisotopic (exact) mass is 427 g/mol. The van der Waals surface area contributed by atoms with Crippen molar-refractivity contribution in [2.75, 3.05) is 18.0 Å². The second-order valence-electron chi connectivity index (χ2n) is 6.17. The molecule has 1 aliphatic heterocycles. The highest BCUT2D eigenvalue weighted by atomic mass is 79.9. The number of nitrogens with zero attached hydrogens (tertiary/aromatic N) is 2. The predicted molar refractivity (Wildman–Crippen MR) is 87.3 cm³/mol. The zero-order valence-corrected chi connectivity index (χ0v) is 15.1. The molecule has 1 N–H and O–H groups in total. The van der Waals surface area contributed by atoms with Crippen LogP contribution in [0, 0.1) is 0 Å². The van der Waals surface area contributed by atoms with Gasteiger partial charge < -0.3 is 4.90 Å². The predicted octanol–water partition coefficient (Wildman–Crippen LogP) is 2.91. The van der Waals surface area contributed by atoms with Gasteiger partial charge in [-0.2, -0.15) is 13.2 Å². The first-order chi connectivity index (χ1) is 11.2. The summed E-state index contributed by atoms with van der Waals surface area (Å²) >= 11 is 3.01. The number of piperidine rings is 1. The van der Waals surface area contributed by atoms with E-state index in [0.717, 1.165) is 6.07 Å². The summed E-state index contributed by atoms with van der Waals surface area (Å²) in [4.78, 5) is 5.44. The molecule has 1 saturated carbocycles. The van der Waals surface area contributed by atoms with Gasteiger partial charge in [-0.3, -0.25) is 0 Å². The fourth-order valence-electron chi connectivity index (χ4n) is 2.87. The van der Waals surface area contributed by atoms with Crippen LogP contribution in [0.5, 0.6) is 0 Å². The van der Waals surface area contributed by atoms with Crippen molar-refractivity contribution in [2.24, 2.45) is 0 Å². The zero-order chi connectivity index (χ0) is 17.5. The Morgan fingerprint density at radius 3 is 2.62 bits per heavy atom. The Morgan fingerprint density at radius 2 is 2.00 bits per heavy atom. The normalized spacial score (nSPS) is 22.7. The van der Waals surface area contributed by atoms with Crippen molar-refractivity contribution in [1.82, 2.24) is 9.71 Å². The van der Waals surface area contributed by atoms with Crippen LogP contribution in [0.15, 0.2) is 16.7 Å². The van der Waals surface area contributed by atoms with E-state index in [-0.39, 0.29) is 22.1 Å². The fourth-order valence-corrected chi connectivity index (χ4v) is 4.80. The van der Waals surface area contributed by atoms with Gasteiger partial charge in [0.1, 0.15) is 5.82 Å². The Labute approximate surface area is 146 Å². The van der Waals surface area contributed by atoms with E-state index in [9.17, 15) is 21.6 Å². The Kier molecular flexibility index (Phi) is 4.82. The number of rotatable bonds is 4. The van der Waals surface area contributed by atoms with Crippen molar-refractivity contribution in [3.63, 3.8) is 0 Å². The van der Waals surface area contributed by atoms with Gasteiger partial charge in [0.25, 0.3) is 0 Å². The lowest BCUT2D eigenvalue weighted by Crippen LogP contribution is -2.49. The first-order valence-corrected chi connectivity index (χ1v) is 9.99. The van der Waals surface area contributed by atoms with Gasteiger partial charge in [0.15, 0.2) is 0 Å². The quantitative estimate of drug-likeness (QED) is 0.802. The fraction of sp³-hybridized carbons (Fsp3) is 0.643. The topological polar surface area (TPSA) is 62.3 Å². The Morgan fingerprint density at radius 1 is 1.29 bits per heavy atom. The van der Waals surface area contributed by atoms with Crippen molar-refractivity contribution in [2.45, 2.75) is 43.2 Å². The molecule has 2 fully saturated rings. The number of aromatic nitrogens is 1. The molecule has 2 heterocycles. The lowest BCUT2D eigenvalue weighted by atomic mass is 10.1. The molecule has 1 saturated heterocycles. The Bertz CT molecular complexity index is 722. The van der Waals surface area contributed by atoms with E-state index in [0.29, 0.717) is 32.2 Å². The van der Waals surface area contributed by atoms with Crippen LogP contribution in [0.1, 0.15) is 31.2 Å². The molecule has 10 heteroatoms. The third kappa shape index (κ3) is 4.02. The van der Waals surface area contributed by atoms with E-state index >= 15 is 0 Å². The summed E-state index contributed by atoms with van der Waals surface area (Å²) in [7, 11) is -3.36. The van der Waals surface area contributed by atoms with Crippen LogP contribution in [0.4, 0.5) is 19.0 Å². The largest absolute Gasteiger partial charge is 0.419 e. The Hall–Kier alpha value is -0.870. The highest BCUT2D eigenvalue weighted by molar-refractivity contribution is 9.10. The zero-order valence-electron chi connectivity index (χ0n) is 12.7. The standard InChI is InChI=1S/C14H17BrF3N3O2S/c15-9-6-12(14(16,17)18)13(19-7-9)21-5-1-2-10(8-21)20-24(22,23)11-3-4-11/h6-7,10-11,20H,1-5,8H2. The second-order valence-corrected chi connectivity index (χ2v) is 9.08. The Balaban J connectivity index is 1.80. The molecule has 1 atom stereocenters. The molecule has 1 unspecified atom stereocenters. The molecule has 24 heavy (non-hydrogen) atoms. The van der Waals surface area contributed by atoms with E-state index < -0.39 is 27.8 Å². The van der Waals surface area contributed by atoms with Crippen molar-refractivity contribution in [3.05, 3.63) is 22.3 Å². The molecular formula is C14H17BrF3N3O2S. The van der Waals surface area contributed by atoms with Gasteiger partial charge in [0.05, 0.1) is 10.8 Å². The molecular weight excluding hydrogens is 411 g/mol. The van der Waals surface area contributed by atoms with Crippen molar-refractivity contribution in [1.29, 1.82) is 0 Å². The molecule has 2 aliphatic rings. The van der Waals surface area contributed by atoms with Gasteiger partial charge in [0.2, 0.25) is 10.0 Å². The van der Waals surface area contributed by atoms with Crippen LogP contribution in [-0.2, 0) is 16.2 Å². The molecule has 3 rings (SSSR count). The van der Waals surface area contributed by atoms with E-state index in [1.165, 1.54) is 11.1 Å². The smallest absolute Gasteiger partial charge is 0.355 e. The molecule has 134 valence electrons. The average Bonchev–Trinajstić information content (AvgIpc) is 3.31. The lowest BCUT2D eigenvalue weighted by Gasteiger charge is -2.35. The van der Waals surface area contributed by atoms with E-state index in [1.807, 2.05) is 0 Å². The van der Waals surface area contributed by atoms with Gasteiger partial charge in [0, 0.05) is 29.8 Å². The highest BCUT2D eigenvalue weighted by Crippen LogP contribution is 2.37. The van der Waals surface area contributed by atoms with E-state index in [2.05, 4.69) is 25.6 Å². The van der Waals surface area contributed by atoms with Crippen LogP contribution in [-0.4, -0.2) is 37.8 Å². The maximum atomic E-state index is 13.3. The maximum Gasteiger partial charge on any atom is 0.419 e. The van der Waals surface area contributed by atoms with Crippen LogP contribution < -0.4 is 9.62 Å². The van der Waals surface area contributed by atoms with Crippen molar-refractivity contribution in [3.8, 4) is 0 Å². The number of sulfonamides is 1. The summed E-state index contributed by atoms with van der Waals surface area (Å²) in [6.07, 6.45) is -0.682. The van der Waals surface area contributed by atoms with E-state index in [4.69, 9.17) is 0 Å². The van der Waals surface area contributed by atoms with Gasteiger partial charge in [-0.25, -0.2) is 18.1 Å². The van der Waals surface area contributed by atoms with Gasteiger partial charge in [-0.15, -0.1) is 0 Å². The minimum Gasteiger partial charge on any atom is -0.355 e. The molecule has 0 bridgehead atoms. The first-order valence-electron chi connectivity index (χ1n) is 7.65. The highest BCUT2D eigenvalue weighted by Gasteiger charge is 2.39. The van der Waals surface area contributed by atoms with Gasteiger partial charge in [-0.1, -0.05) is 0 Å². The van der Waals surface area contributed by atoms with E-state index in [1.54, 1.807) is 0 Å². The number of alkyl halides is 3. The van der Waals surface area contributed by atoms with Crippen molar-refractivity contribution < 1.29 is 21.6 Å². The summed E-state index contributed by atoms with van der Waals surface area (Å²) < 4.78 is 66.8. The minimum absolute atomic E-state index is 0.152. The van der Waals surface area contributed by atoms with Crippen LogP contribution in [0.25, 0.3) is 0 Å². The third-order valence-corrected chi connectivity index (χ3v) is 6.60. The summed E-state index contributed by atoms with van der Waals surface area (Å²) in [6, 6.07) is 0.608. The number of hydrogen-bond donors (Lipinski definition) is 1. The van der Waals surface area contributed by atoms with Gasteiger partial charge >= 0.3 is 6.18 Å². The summed E-state index contributed by atoms with van der Waals surface area (Å²) in [5.41, 5.74) is -0.817. The number of halogens is 4.